The molecule has 6 heteroatoms. The Hall–Kier alpha value is -3.54. The largest absolute Gasteiger partial charge is 0.490 e. The second-order valence-electron chi connectivity index (χ2n) is 7.91. The molecule has 2 aromatic carbocycles. The van der Waals surface area contributed by atoms with Crippen LogP contribution in [0.4, 0.5) is 5.69 Å². The summed E-state index contributed by atoms with van der Waals surface area (Å²) in [5.41, 5.74) is 4.70. The number of anilines is 1. The van der Waals surface area contributed by atoms with E-state index in [9.17, 15) is 9.59 Å². The van der Waals surface area contributed by atoms with Crippen molar-refractivity contribution in [3.05, 3.63) is 69.9 Å². The van der Waals surface area contributed by atoms with Gasteiger partial charge in [-0.05, 0) is 81.1 Å². The van der Waals surface area contributed by atoms with E-state index < -0.39 is 5.97 Å². The first-order chi connectivity index (χ1) is 15.8. The van der Waals surface area contributed by atoms with Crippen molar-refractivity contribution in [1.29, 1.82) is 0 Å². The standard InChI is InChI=1S/C27H31NO5/c1-7-13-33-23-12-10-20(16-24(23)32-8-2)15-22-25(27(30)31-6)19(5)28(26(22)29)21-11-9-17(3)18(4)14-21/h9-12,14-16H,7-8,13H2,1-6H3/b22-15-. The Morgan fingerprint density at radius 3 is 2.36 bits per heavy atom. The van der Waals surface area contributed by atoms with Gasteiger partial charge in [0.15, 0.2) is 11.5 Å². The van der Waals surface area contributed by atoms with Crippen molar-refractivity contribution in [2.75, 3.05) is 25.2 Å². The maximum absolute atomic E-state index is 13.5. The van der Waals surface area contributed by atoms with Gasteiger partial charge in [0.25, 0.3) is 5.91 Å². The summed E-state index contributed by atoms with van der Waals surface area (Å²) in [5.74, 6) is 0.416. The SMILES string of the molecule is CCCOc1ccc(/C=C2\C(=O)N(c3ccc(C)c(C)c3)C(C)=C2C(=O)OC)cc1OCC. The lowest BCUT2D eigenvalue weighted by Crippen LogP contribution is -2.24. The molecule has 1 aliphatic rings. The number of carbonyl (C=O) groups is 2. The number of amides is 1. The predicted molar refractivity (Wildman–Crippen MR) is 129 cm³/mol. The minimum atomic E-state index is -0.550. The predicted octanol–water partition coefficient (Wildman–Crippen LogP) is 5.37. The monoisotopic (exact) mass is 449 g/mol. The second kappa shape index (κ2) is 10.4. The summed E-state index contributed by atoms with van der Waals surface area (Å²) in [6, 6.07) is 11.3. The van der Waals surface area contributed by atoms with Gasteiger partial charge in [-0.1, -0.05) is 19.1 Å². The fourth-order valence-corrected chi connectivity index (χ4v) is 3.74. The summed E-state index contributed by atoms with van der Waals surface area (Å²) in [6.45, 7) is 10.8. The van der Waals surface area contributed by atoms with Crippen molar-refractivity contribution in [2.45, 2.75) is 41.0 Å². The first-order valence-corrected chi connectivity index (χ1v) is 11.1. The molecular formula is C27H31NO5. The van der Waals surface area contributed by atoms with Crippen LogP contribution in [0.3, 0.4) is 0 Å². The highest BCUT2D eigenvalue weighted by Crippen LogP contribution is 2.37. The van der Waals surface area contributed by atoms with Crippen LogP contribution in [-0.4, -0.2) is 32.2 Å². The van der Waals surface area contributed by atoms with Gasteiger partial charge in [-0.3, -0.25) is 9.69 Å². The van der Waals surface area contributed by atoms with Gasteiger partial charge in [0.05, 0.1) is 31.5 Å². The van der Waals surface area contributed by atoms with Gasteiger partial charge in [-0.25, -0.2) is 4.79 Å². The number of hydrogen-bond donors (Lipinski definition) is 0. The molecule has 0 aliphatic carbocycles. The maximum Gasteiger partial charge on any atom is 0.340 e. The van der Waals surface area contributed by atoms with Crippen LogP contribution in [0.2, 0.25) is 0 Å². The van der Waals surface area contributed by atoms with E-state index in [0.29, 0.717) is 36.1 Å². The van der Waals surface area contributed by atoms with Crippen molar-refractivity contribution in [3.63, 3.8) is 0 Å². The number of nitrogens with zero attached hydrogens (tertiary/aromatic N) is 1. The average molecular weight is 450 g/mol. The summed E-state index contributed by atoms with van der Waals surface area (Å²) in [4.78, 5) is 27.7. The molecule has 3 rings (SSSR count). The first-order valence-electron chi connectivity index (χ1n) is 11.1. The summed E-state index contributed by atoms with van der Waals surface area (Å²) in [7, 11) is 1.32. The molecule has 33 heavy (non-hydrogen) atoms. The minimum Gasteiger partial charge on any atom is -0.490 e. The Morgan fingerprint density at radius 1 is 0.970 bits per heavy atom. The molecule has 2 aromatic rings. The maximum atomic E-state index is 13.5. The lowest BCUT2D eigenvalue weighted by molar-refractivity contribution is -0.136. The van der Waals surface area contributed by atoms with Gasteiger partial charge in [0.1, 0.15) is 0 Å². The number of benzene rings is 2. The highest BCUT2D eigenvalue weighted by Gasteiger charge is 2.38. The summed E-state index contributed by atoms with van der Waals surface area (Å²) in [5, 5.41) is 0. The average Bonchev–Trinajstić information content (AvgIpc) is 3.04. The van der Waals surface area contributed by atoms with E-state index in [1.807, 2.05) is 64.1 Å². The van der Waals surface area contributed by atoms with Crippen LogP contribution >= 0.6 is 0 Å². The molecule has 0 bridgehead atoms. The Kier molecular flexibility index (Phi) is 7.59. The molecule has 1 amide bonds. The van der Waals surface area contributed by atoms with Crippen molar-refractivity contribution in [1.82, 2.24) is 0 Å². The smallest absolute Gasteiger partial charge is 0.340 e. The van der Waals surface area contributed by atoms with Crippen molar-refractivity contribution < 1.29 is 23.8 Å². The van der Waals surface area contributed by atoms with E-state index in [0.717, 1.165) is 23.1 Å². The van der Waals surface area contributed by atoms with Crippen molar-refractivity contribution >= 4 is 23.6 Å². The van der Waals surface area contributed by atoms with E-state index in [2.05, 4.69) is 0 Å². The van der Waals surface area contributed by atoms with Gasteiger partial charge in [-0.15, -0.1) is 0 Å². The summed E-state index contributed by atoms with van der Waals surface area (Å²) >= 11 is 0. The molecule has 0 fully saturated rings. The van der Waals surface area contributed by atoms with Crippen LogP contribution < -0.4 is 14.4 Å². The third-order valence-corrected chi connectivity index (χ3v) is 5.58. The Bertz CT molecular complexity index is 1130. The number of hydrogen-bond acceptors (Lipinski definition) is 5. The Labute approximate surface area is 195 Å². The molecule has 0 saturated heterocycles. The second-order valence-corrected chi connectivity index (χ2v) is 7.91. The van der Waals surface area contributed by atoms with E-state index >= 15 is 0 Å². The fourth-order valence-electron chi connectivity index (χ4n) is 3.74. The molecule has 0 atom stereocenters. The van der Waals surface area contributed by atoms with Crippen LogP contribution in [0.5, 0.6) is 11.5 Å². The van der Waals surface area contributed by atoms with Gasteiger partial charge in [0.2, 0.25) is 0 Å². The number of rotatable bonds is 8. The molecule has 0 unspecified atom stereocenters. The normalized spacial score (nSPS) is 14.8. The molecule has 1 heterocycles. The molecule has 0 spiro atoms. The molecule has 1 aliphatic heterocycles. The topological polar surface area (TPSA) is 65.1 Å². The zero-order chi connectivity index (χ0) is 24.1. The third-order valence-electron chi connectivity index (χ3n) is 5.58. The molecule has 0 saturated carbocycles. The van der Waals surface area contributed by atoms with Crippen LogP contribution in [0.15, 0.2) is 53.2 Å². The van der Waals surface area contributed by atoms with Gasteiger partial charge >= 0.3 is 5.97 Å². The molecular weight excluding hydrogens is 418 g/mol. The quantitative estimate of drug-likeness (QED) is 0.401. The first kappa shape index (κ1) is 24.1. The Morgan fingerprint density at radius 2 is 1.73 bits per heavy atom. The molecule has 0 N–H and O–H groups in total. The molecule has 0 radical (unpaired) electrons. The number of allylic oxidation sites excluding steroid dienone is 1. The summed E-state index contributed by atoms with van der Waals surface area (Å²) < 4.78 is 16.5. The van der Waals surface area contributed by atoms with Gasteiger partial charge < -0.3 is 14.2 Å². The van der Waals surface area contributed by atoms with Crippen LogP contribution in [0.25, 0.3) is 6.08 Å². The fraction of sp³-hybridized carbons (Fsp3) is 0.333. The van der Waals surface area contributed by atoms with Gasteiger partial charge in [0, 0.05) is 11.4 Å². The number of ether oxygens (including phenoxy) is 3. The highest BCUT2D eigenvalue weighted by atomic mass is 16.5. The third kappa shape index (κ3) is 4.95. The van der Waals surface area contributed by atoms with Crippen molar-refractivity contribution in [2.24, 2.45) is 0 Å². The molecule has 6 nitrogen and oxygen atoms in total. The zero-order valence-electron chi connectivity index (χ0n) is 20.2. The van der Waals surface area contributed by atoms with Crippen LogP contribution in [0.1, 0.15) is 43.9 Å². The number of aryl methyl sites for hydroxylation is 2. The van der Waals surface area contributed by atoms with E-state index in [4.69, 9.17) is 14.2 Å². The summed E-state index contributed by atoms with van der Waals surface area (Å²) in [6.07, 6.45) is 2.58. The van der Waals surface area contributed by atoms with E-state index in [1.54, 1.807) is 17.9 Å². The Balaban J connectivity index is 2.08. The number of esters is 1. The van der Waals surface area contributed by atoms with Crippen LogP contribution in [-0.2, 0) is 14.3 Å². The van der Waals surface area contributed by atoms with Crippen molar-refractivity contribution in [3.8, 4) is 11.5 Å². The zero-order valence-corrected chi connectivity index (χ0v) is 20.2. The van der Waals surface area contributed by atoms with Gasteiger partial charge in [-0.2, -0.15) is 0 Å². The van der Waals surface area contributed by atoms with E-state index in [-0.39, 0.29) is 17.1 Å². The number of carbonyl (C=O) groups excluding carboxylic acids is 2. The lowest BCUT2D eigenvalue weighted by Gasteiger charge is -2.19. The van der Waals surface area contributed by atoms with E-state index in [1.165, 1.54) is 7.11 Å². The highest BCUT2D eigenvalue weighted by molar-refractivity contribution is 6.23. The number of methoxy groups -OCH3 is 1. The molecule has 174 valence electrons. The van der Waals surface area contributed by atoms with Crippen LogP contribution in [0, 0.1) is 13.8 Å². The minimum absolute atomic E-state index is 0.255. The molecule has 0 aromatic heterocycles. The lowest BCUT2D eigenvalue weighted by atomic mass is 10.0.